The largest absolute Gasteiger partial charge is 0.494 e. The molecule has 0 radical (unpaired) electrons. The number of hydrazine groups is 1. The van der Waals surface area contributed by atoms with E-state index in [1.165, 1.54) is 6.33 Å². The highest BCUT2D eigenvalue weighted by Gasteiger charge is 2.11. The molecule has 3 rings (SSSR count). The molecule has 1 heterocycles. The summed E-state index contributed by atoms with van der Waals surface area (Å²) in [6.07, 6.45) is 3.44. The smallest absolute Gasteiger partial charge is 0.269 e. The number of hydrogen-bond acceptors (Lipinski definition) is 7. The van der Waals surface area contributed by atoms with E-state index >= 15 is 0 Å². The Bertz CT molecular complexity index is 997. The molecule has 0 saturated carbocycles. The maximum Gasteiger partial charge on any atom is 0.269 e. The lowest BCUT2D eigenvalue weighted by Gasteiger charge is -2.13. The van der Waals surface area contributed by atoms with Gasteiger partial charge < -0.3 is 15.8 Å². The van der Waals surface area contributed by atoms with Gasteiger partial charge in [0.2, 0.25) is 0 Å². The van der Waals surface area contributed by atoms with Crippen LogP contribution in [0.4, 0.5) is 23.0 Å². The molecule has 30 heavy (non-hydrogen) atoms. The van der Waals surface area contributed by atoms with Gasteiger partial charge in [-0.15, -0.1) is 0 Å². The molecule has 0 atom stereocenters. The number of aromatic nitrogens is 2. The van der Waals surface area contributed by atoms with Crippen molar-refractivity contribution in [3.8, 4) is 5.75 Å². The predicted molar refractivity (Wildman–Crippen MR) is 119 cm³/mol. The minimum absolute atomic E-state index is 0.257. The van der Waals surface area contributed by atoms with Gasteiger partial charge in [0.25, 0.3) is 5.91 Å². The fourth-order valence-corrected chi connectivity index (χ4v) is 2.71. The molecule has 0 aliphatic carbocycles. The SMILES string of the molecule is CCCCOc1ccc(Nc2ncnc(NNC(=O)c3cccc(Cl)c3)c2N)cc1. The molecule has 9 heteroatoms. The summed E-state index contributed by atoms with van der Waals surface area (Å²) in [5.74, 6) is 1.10. The van der Waals surface area contributed by atoms with Crippen LogP contribution in [0.15, 0.2) is 54.9 Å². The quantitative estimate of drug-likeness (QED) is 0.296. The van der Waals surface area contributed by atoms with Gasteiger partial charge in [0.1, 0.15) is 17.8 Å². The normalized spacial score (nSPS) is 10.3. The number of rotatable bonds is 9. The summed E-state index contributed by atoms with van der Waals surface area (Å²) >= 11 is 5.91. The summed E-state index contributed by atoms with van der Waals surface area (Å²) in [5, 5.41) is 3.60. The number of carbonyl (C=O) groups is 1. The van der Waals surface area contributed by atoms with Crippen molar-refractivity contribution in [3.63, 3.8) is 0 Å². The average molecular weight is 427 g/mol. The second kappa shape index (κ2) is 10.3. The highest BCUT2D eigenvalue weighted by atomic mass is 35.5. The van der Waals surface area contributed by atoms with Gasteiger partial charge in [0.15, 0.2) is 11.6 Å². The number of amides is 1. The van der Waals surface area contributed by atoms with Crippen LogP contribution in [-0.2, 0) is 0 Å². The molecule has 5 N–H and O–H groups in total. The second-order valence-corrected chi connectivity index (χ2v) is 6.86. The summed E-state index contributed by atoms with van der Waals surface area (Å²) in [6.45, 7) is 2.81. The van der Waals surface area contributed by atoms with Crippen LogP contribution in [-0.4, -0.2) is 22.5 Å². The Balaban J connectivity index is 1.62. The third kappa shape index (κ3) is 5.74. The lowest BCUT2D eigenvalue weighted by Crippen LogP contribution is -2.30. The molecule has 0 spiro atoms. The van der Waals surface area contributed by atoms with Crippen LogP contribution in [0.25, 0.3) is 0 Å². The van der Waals surface area contributed by atoms with Crippen LogP contribution in [0.1, 0.15) is 30.1 Å². The summed E-state index contributed by atoms with van der Waals surface area (Å²) in [4.78, 5) is 20.5. The molecule has 8 nitrogen and oxygen atoms in total. The van der Waals surface area contributed by atoms with E-state index < -0.39 is 0 Å². The number of unbranched alkanes of at least 4 members (excludes halogenated alkanes) is 1. The lowest BCUT2D eigenvalue weighted by atomic mass is 10.2. The maximum absolute atomic E-state index is 12.2. The second-order valence-electron chi connectivity index (χ2n) is 6.43. The molecule has 0 aliphatic heterocycles. The number of ether oxygens (including phenoxy) is 1. The highest BCUT2D eigenvalue weighted by Crippen LogP contribution is 2.26. The van der Waals surface area contributed by atoms with E-state index in [1.54, 1.807) is 24.3 Å². The van der Waals surface area contributed by atoms with Crippen molar-refractivity contribution in [3.05, 3.63) is 65.4 Å². The number of nitrogens with one attached hydrogen (secondary N) is 3. The highest BCUT2D eigenvalue weighted by molar-refractivity contribution is 6.30. The Morgan fingerprint density at radius 3 is 2.63 bits per heavy atom. The standard InChI is InChI=1S/C21H23ClN6O2/c1-2-3-11-30-17-9-7-16(8-10-17)26-19-18(23)20(25-13-24-19)27-28-21(29)14-5-4-6-15(22)12-14/h4-10,12-13H,2-3,11,23H2,1H3,(H,28,29)(H2,24,25,26,27). The minimum Gasteiger partial charge on any atom is -0.494 e. The zero-order valence-corrected chi connectivity index (χ0v) is 17.2. The number of benzene rings is 2. The van der Waals surface area contributed by atoms with Gasteiger partial charge >= 0.3 is 0 Å². The number of nitrogens with zero attached hydrogens (tertiary/aromatic N) is 2. The van der Waals surface area contributed by atoms with E-state index in [2.05, 4.69) is 33.1 Å². The van der Waals surface area contributed by atoms with E-state index in [9.17, 15) is 4.79 Å². The molecule has 3 aromatic rings. The van der Waals surface area contributed by atoms with Crippen LogP contribution >= 0.6 is 11.6 Å². The van der Waals surface area contributed by atoms with E-state index in [0.717, 1.165) is 24.3 Å². The van der Waals surface area contributed by atoms with Gasteiger partial charge in [0.05, 0.1) is 6.61 Å². The zero-order chi connectivity index (χ0) is 21.3. The molecule has 2 aromatic carbocycles. The summed E-state index contributed by atoms with van der Waals surface area (Å²) < 4.78 is 5.66. The summed E-state index contributed by atoms with van der Waals surface area (Å²) in [7, 11) is 0. The zero-order valence-electron chi connectivity index (χ0n) is 16.5. The Kier molecular flexibility index (Phi) is 7.29. The van der Waals surface area contributed by atoms with E-state index in [4.69, 9.17) is 22.1 Å². The van der Waals surface area contributed by atoms with E-state index in [0.29, 0.717) is 23.0 Å². The first-order valence-electron chi connectivity index (χ1n) is 9.49. The fraction of sp³-hybridized carbons (Fsp3) is 0.190. The number of carbonyl (C=O) groups excluding carboxylic acids is 1. The number of nitrogens with two attached hydrogens (primary N) is 1. The number of hydrogen-bond donors (Lipinski definition) is 4. The average Bonchev–Trinajstić information content (AvgIpc) is 2.75. The third-order valence-electron chi connectivity index (χ3n) is 4.15. The first kappa shape index (κ1) is 21.2. The Morgan fingerprint density at radius 1 is 1.13 bits per heavy atom. The van der Waals surface area contributed by atoms with Gasteiger partial charge in [-0.2, -0.15) is 0 Å². The first-order valence-corrected chi connectivity index (χ1v) is 9.87. The van der Waals surface area contributed by atoms with Crippen molar-refractivity contribution in [2.24, 2.45) is 0 Å². The van der Waals surface area contributed by atoms with Gasteiger partial charge in [-0.1, -0.05) is 31.0 Å². The summed E-state index contributed by atoms with van der Waals surface area (Å²) in [6, 6.07) is 14.1. The van der Waals surface area contributed by atoms with Crippen LogP contribution in [0.2, 0.25) is 5.02 Å². The van der Waals surface area contributed by atoms with Gasteiger partial charge in [-0.05, 0) is 48.9 Å². The Morgan fingerprint density at radius 2 is 1.90 bits per heavy atom. The first-order chi connectivity index (χ1) is 14.6. The monoisotopic (exact) mass is 426 g/mol. The number of nitrogen functional groups attached to an aromatic ring is 1. The maximum atomic E-state index is 12.2. The fourth-order valence-electron chi connectivity index (χ4n) is 2.52. The van der Waals surface area contributed by atoms with E-state index in [1.807, 2.05) is 24.3 Å². The van der Waals surface area contributed by atoms with Crippen LogP contribution in [0.5, 0.6) is 5.75 Å². The van der Waals surface area contributed by atoms with Crippen molar-refractivity contribution in [1.82, 2.24) is 15.4 Å². The van der Waals surface area contributed by atoms with Gasteiger partial charge in [-0.3, -0.25) is 15.6 Å². The Labute approximate surface area is 179 Å². The Hall–Kier alpha value is -3.52. The molecule has 0 bridgehead atoms. The number of halogens is 1. The molecule has 1 aromatic heterocycles. The molecule has 0 aliphatic rings. The molecular weight excluding hydrogens is 404 g/mol. The van der Waals surface area contributed by atoms with Crippen molar-refractivity contribution >= 4 is 40.5 Å². The van der Waals surface area contributed by atoms with Crippen LogP contribution < -0.4 is 26.6 Å². The topological polar surface area (TPSA) is 114 Å². The van der Waals surface area contributed by atoms with Crippen LogP contribution in [0, 0.1) is 0 Å². The van der Waals surface area contributed by atoms with Crippen molar-refractivity contribution in [2.75, 3.05) is 23.1 Å². The van der Waals surface area contributed by atoms with Crippen molar-refractivity contribution in [2.45, 2.75) is 19.8 Å². The molecule has 1 amide bonds. The third-order valence-corrected chi connectivity index (χ3v) is 4.38. The van der Waals surface area contributed by atoms with Gasteiger partial charge in [0, 0.05) is 16.3 Å². The van der Waals surface area contributed by atoms with E-state index in [-0.39, 0.29) is 17.4 Å². The molecule has 0 saturated heterocycles. The van der Waals surface area contributed by atoms with Crippen molar-refractivity contribution in [1.29, 1.82) is 0 Å². The molecule has 0 unspecified atom stereocenters. The van der Waals surface area contributed by atoms with Crippen LogP contribution in [0.3, 0.4) is 0 Å². The molecule has 156 valence electrons. The van der Waals surface area contributed by atoms with Gasteiger partial charge in [-0.25, -0.2) is 9.97 Å². The molecular formula is C21H23ClN6O2. The van der Waals surface area contributed by atoms with Crippen molar-refractivity contribution < 1.29 is 9.53 Å². The lowest BCUT2D eigenvalue weighted by molar-refractivity contribution is 0.0962. The summed E-state index contributed by atoms with van der Waals surface area (Å²) in [5.41, 5.74) is 12.9. The minimum atomic E-state index is -0.372. The number of anilines is 4. The predicted octanol–water partition coefficient (Wildman–Crippen LogP) is 4.39. The molecule has 0 fully saturated rings.